The van der Waals surface area contributed by atoms with E-state index in [0.717, 1.165) is 16.0 Å². The summed E-state index contributed by atoms with van der Waals surface area (Å²) in [6.07, 6.45) is 8.24. The Kier molecular flexibility index (Phi) is 4.91. The molecule has 2 atom stereocenters. The number of hydrogen-bond donors (Lipinski definition) is 1. The van der Waals surface area contributed by atoms with E-state index in [2.05, 4.69) is 10.4 Å². The van der Waals surface area contributed by atoms with E-state index in [9.17, 15) is 14.4 Å². The number of carbonyl (C=O) groups is 3. The third kappa shape index (κ3) is 3.47. The van der Waals surface area contributed by atoms with Crippen molar-refractivity contribution in [1.29, 1.82) is 0 Å². The Morgan fingerprint density at radius 2 is 1.91 bits per heavy atom. The van der Waals surface area contributed by atoms with Crippen LogP contribution in [-0.4, -0.2) is 40.0 Å². The number of nitrogens with one attached hydrogen (secondary N) is 1. The molecule has 0 saturated carbocycles. The van der Waals surface area contributed by atoms with Crippen molar-refractivity contribution >= 4 is 29.6 Å². The van der Waals surface area contributed by atoms with E-state index in [-0.39, 0.29) is 0 Å². The molecular formula is C26H22N4O5. The second-order valence-corrected chi connectivity index (χ2v) is 8.80. The maximum Gasteiger partial charge on any atom is 0.325 e. The summed E-state index contributed by atoms with van der Waals surface area (Å²) < 4.78 is 10.9. The number of benzene rings is 1. The third-order valence-corrected chi connectivity index (χ3v) is 6.76. The molecule has 176 valence electrons. The van der Waals surface area contributed by atoms with E-state index in [0.29, 0.717) is 36.5 Å². The lowest BCUT2D eigenvalue weighted by Gasteiger charge is -2.24. The van der Waals surface area contributed by atoms with Crippen LogP contribution in [0.15, 0.2) is 81.1 Å². The van der Waals surface area contributed by atoms with E-state index >= 15 is 0 Å². The Labute approximate surface area is 200 Å². The fraction of sp³-hybridized carbons (Fsp3) is 0.231. The lowest BCUT2D eigenvalue weighted by Crippen LogP contribution is -2.44. The molecule has 0 radical (unpaired) electrons. The molecule has 3 aromatic rings. The number of fused-ring (bicyclic) bond motifs is 2. The molecular weight excluding hydrogens is 448 g/mol. The van der Waals surface area contributed by atoms with Gasteiger partial charge in [-0.1, -0.05) is 24.3 Å². The first-order valence-electron chi connectivity index (χ1n) is 11.4. The fourth-order valence-electron chi connectivity index (χ4n) is 5.07. The van der Waals surface area contributed by atoms with Gasteiger partial charge in [0.2, 0.25) is 0 Å². The van der Waals surface area contributed by atoms with Crippen LogP contribution < -0.4 is 5.32 Å². The van der Waals surface area contributed by atoms with Crippen LogP contribution >= 0.6 is 0 Å². The summed E-state index contributed by atoms with van der Waals surface area (Å²) in [4.78, 5) is 40.7. The molecule has 1 spiro atoms. The normalized spacial score (nSPS) is 23.4. The van der Waals surface area contributed by atoms with E-state index < -0.39 is 36.0 Å². The average molecular weight is 470 g/mol. The maximum atomic E-state index is 13.5. The number of hydrogen-bond acceptors (Lipinski definition) is 6. The van der Waals surface area contributed by atoms with Crippen molar-refractivity contribution in [2.24, 2.45) is 5.10 Å². The van der Waals surface area contributed by atoms with E-state index in [4.69, 9.17) is 8.83 Å². The van der Waals surface area contributed by atoms with Crippen LogP contribution in [-0.2, 0) is 21.5 Å². The van der Waals surface area contributed by atoms with Crippen LogP contribution in [0.2, 0.25) is 0 Å². The number of urea groups is 1. The Bertz CT molecular complexity index is 1360. The zero-order valence-corrected chi connectivity index (χ0v) is 18.7. The molecule has 6 rings (SSSR count). The van der Waals surface area contributed by atoms with E-state index in [1.807, 2.05) is 30.3 Å². The van der Waals surface area contributed by atoms with Crippen LogP contribution in [0.4, 0.5) is 4.79 Å². The molecule has 1 aromatic carbocycles. The molecule has 2 aliphatic heterocycles. The quantitative estimate of drug-likeness (QED) is 0.573. The van der Waals surface area contributed by atoms with Gasteiger partial charge in [-0.25, -0.2) is 9.80 Å². The summed E-state index contributed by atoms with van der Waals surface area (Å²) in [5.41, 5.74) is 1.37. The number of aryl methyl sites for hydroxylation is 1. The first-order chi connectivity index (χ1) is 17.0. The van der Waals surface area contributed by atoms with Crippen molar-refractivity contribution in [2.45, 2.75) is 30.8 Å². The summed E-state index contributed by atoms with van der Waals surface area (Å²) in [6, 6.07) is 13.7. The van der Waals surface area contributed by atoms with Crippen molar-refractivity contribution in [2.75, 3.05) is 6.54 Å². The van der Waals surface area contributed by atoms with Crippen LogP contribution in [0, 0.1) is 0 Å². The first kappa shape index (κ1) is 21.2. The molecule has 35 heavy (non-hydrogen) atoms. The van der Waals surface area contributed by atoms with Gasteiger partial charge in [-0.3, -0.25) is 14.5 Å². The Hall–Kier alpha value is -4.40. The predicted molar refractivity (Wildman–Crippen MR) is 125 cm³/mol. The van der Waals surface area contributed by atoms with Gasteiger partial charge < -0.3 is 14.2 Å². The minimum absolute atomic E-state index is 0.406. The molecule has 9 nitrogen and oxygen atoms in total. The highest BCUT2D eigenvalue weighted by atomic mass is 16.3. The highest BCUT2D eigenvalue weighted by Crippen LogP contribution is 2.41. The van der Waals surface area contributed by atoms with Gasteiger partial charge >= 0.3 is 6.03 Å². The first-order valence-corrected chi connectivity index (χ1v) is 11.4. The molecule has 2 aromatic heterocycles. The summed E-state index contributed by atoms with van der Waals surface area (Å²) in [7, 11) is 0. The molecule has 1 aliphatic carbocycles. The molecule has 3 aliphatic rings. The van der Waals surface area contributed by atoms with Gasteiger partial charge in [0.1, 0.15) is 29.6 Å². The lowest BCUT2D eigenvalue weighted by molar-refractivity contribution is -0.140. The summed E-state index contributed by atoms with van der Waals surface area (Å²) in [5.74, 6) is 0.353. The standard InChI is InChI=1S/C26H22N4O5/c31-23(16-29-24(32)26(27-25(29)33)12-11-17-5-1-2-7-20(17)26)30-21(22-8-4-14-35-22)15-18(28-30)9-10-19-6-3-13-34-19/h1-10,13-14,21H,11-12,15-16H2,(H,27,33)/b10-9-/t21-,26+/m1/s1. The summed E-state index contributed by atoms with van der Waals surface area (Å²) in [6.45, 7) is -0.412. The minimum Gasteiger partial charge on any atom is -0.467 e. The zero-order chi connectivity index (χ0) is 24.0. The molecule has 0 bridgehead atoms. The number of rotatable bonds is 5. The number of hydrazone groups is 1. The largest absolute Gasteiger partial charge is 0.467 e. The van der Waals surface area contributed by atoms with Gasteiger partial charge in [-0.05, 0) is 60.4 Å². The van der Waals surface area contributed by atoms with E-state index in [1.165, 1.54) is 11.3 Å². The molecule has 4 heterocycles. The Morgan fingerprint density at radius 3 is 2.71 bits per heavy atom. The highest BCUT2D eigenvalue weighted by Gasteiger charge is 2.55. The van der Waals surface area contributed by atoms with Crippen LogP contribution in [0.5, 0.6) is 0 Å². The maximum absolute atomic E-state index is 13.5. The lowest BCUT2D eigenvalue weighted by atomic mass is 9.92. The predicted octanol–water partition coefficient (Wildman–Crippen LogP) is 3.61. The van der Waals surface area contributed by atoms with E-state index in [1.54, 1.807) is 36.6 Å². The molecule has 1 saturated heterocycles. The summed E-state index contributed by atoms with van der Waals surface area (Å²) >= 11 is 0. The second-order valence-electron chi connectivity index (χ2n) is 8.80. The second kappa shape index (κ2) is 8.12. The molecule has 1 N–H and O–H groups in total. The monoisotopic (exact) mass is 470 g/mol. The van der Waals surface area contributed by atoms with Crippen LogP contribution in [0.3, 0.4) is 0 Å². The Balaban J connectivity index is 1.25. The molecule has 1 fully saturated rings. The van der Waals surface area contributed by atoms with Crippen molar-refractivity contribution < 1.29 is 23.2 Å². The summed E-state index contributed by atoms with van der Waals surface area (Å²) in [5, 5.41) is 8.64. The number of furan rings is 2. The third-order valence-electron chi connectivity index (χ3n) is 6.76. The number of carbonyl (C=O) groups excluding carboxylic acids is 3. The number of allylic oxidation sites excluding steroid dienone is 1. The highest BCUT2D eigenvalue weighted by molar-refractivity contribution is 6.10. The van der Waals surface area contributed by atoms with Gasteiger partial charge in [-0.2, -0.15) is 5.10 Å². The van der Waals surface area contributed by atoms with Crippen LogP contribution in [0.25, 0.3) is 6.08 Å². The number of amides is 4. The van der Waals surface area contributed by atoms with Gasteiger partial charge in [0.15, 0.2) is 0 Å². The van der Waals surface area contributed by atoms with Gasteiger partial charge in [0.05, 0.1) is 18.2 Å². The topological polar surface area (TPSA) is 108 Å². The molecule has 0 unspecified atom stereocenters. The molecule has 4 amide bonds. The fourth-order valence-corrected chi connectivity index (χ4v) is 5.07. The zero-order valence-electron chi connectivity index (χ0n) is 18.7. The van der Waals surface area contributed by atoms with Crippen molar-refractivity contribution in [1.82, 2.24) is 15.2 Å². The minimum atomic E-state index is -1.11. The van der Waals surface area contributed by atoms with Gasteiger partial charge in [0.25, 0.3) is 11.8 Å². The smallest absolute Gasteiger partial charge is 0.325 e. The SMILES string of the molecule is O=C1N[C@]2(CCc3ccccc32)C(=O)N1CC(=O)N1N=C(/C=C\c2ccco2)C[C@@H]1c1ccco1. The van der Waals surface area contributed by atoms with Crippen molar-refractivity contribution in [3.63, 3.8) is 0 Å². The Morgan fingerprint density at radius 1 is 1.09 bits per heavy atom. The van der Waals surface area contributed by atoms with Crippen molar-refractivity contribution in [3.05, 3.63) is 89.8 Å². The average Bonchev–Trinajstić information content (AvgIpc) is 3.68. The number of nitrogens with zero attached hydrogens (tertiary/aromatic N) is 3. The van der Waals surface area contributed by atoms with Crippen LogP contribution in [0.1, 0.15) is 41.5 Å². The van der Waals surface area contributed by atoms with Crippen molar-refractivity contribution in [3.8, 4) is 0 Å². The van der Waals surface area contributed by atoms with Gasteiger partial charge in [-0.15, -0.1) is 0 Å². The molecule has 9 heteroatoms. The van der Waals surface area contributed by atoms with Gasteiger partial charge in [0, 0.05) is 6.42 Å². The number of imide groups is 1.